The summed E-state index contributed by atoms with van der Waals surface area (Å²) in [6.45, 7) is 1.25. The van der Waals surface area contributed by atoms with Crippen molar-refractivity contribution in [2.75, 3.05) is 19.9 Å². The van der Waals surface area contributed by atoms with Gasteiger partial charge in [-0.15, -0.1) is 0 Å². The lowest BCUT2D eigenvalue weighted by atomic mass is 9.84. The van der Waals surface area contributed by atoms with Crippen LogP contribution < -0.4 is 8.92 Å². The zero-order chi connectivity index (χ0) is 18.0. The largest absolute Gasteiger partial charge is 0.493 e. The highest BCUT2D eigenvalue weighted by Gasteiger charge is 2.33. The number of carbonyl (C=O) groups is 1. The molecule has 1 aromatic rings. The predicted molar refractivity (Wildman–Crippen MR) is 93.9 cm³/mol. The maximum Gasteiger partial charge on any atom is 0.306 e. The Morgan fingerprint density at radius 2 is 1.92 bits per heavy atom. The average Bonchev–Trinajstić information content (AvgIpc) is 3.27. The Balaban J connectivity index is 1.78. The topological polar surface area (TPSA) is 72.9 Å². The molecule has 2 aliphatic carbocycles. The Morgan fingerprint density at radius 3 is 2.44 bits per heavy atom. The van der Waals surface area contributed by atoms with Crippen LogP contribution in [0.4, 0.5) is 0 Å². The molecule has 0 unspecified atom stereocenters. The quantitative estimate of drug-likeness (QED) is 0.660. The van der Waals surface area contributed by atoms with Crippen molar-refractivity contribution in [3.8, 4) is 11.5 Å². The number of methoxy groups -OCH3 is 1. The highest BCUT2D eigenvalue weighted by atomic mass is 32.2. The van der Waals surface area contributed by atoms with E-state index in [0.29, 0.717) is 18.2 Å². The van der Waals surface area contributed by atoms with E-state index in [1.165, 1.54) is 20.0 Å². The fourth-order valence-electron chi connectivity index (χ4n) is 3.03. The molecule has 0 spiro atoms. The van der Waals surface area contributed by atoms with Gasteiger partial charge in [0.25, 0.3) is 0 Å². The van der Waals surface area contributed by atoms with Gasteiger partial charge in [-0.25, -0.2) is 0 Å². The van der Waals surface area contributed by atoms with Gasteiger partial charge in [-0.1, -0.05) is 12.5 Å². The third kappa shape index (κ3) is 4.87. The highest BCUT2D eigenvalue weighted by molar-refractivity contribution is 7.86. The fraction of sp³-hybridized carbons (Fsp3) is 0.611. The number of carbonyl (C=O) groups excluding carboxylic acids is 1. The van der Waals surface area contributed by atoms with Crippen LogP contribution in [-0.4, -0.2) is 39.1 Å². The molecule has 0 aromatic heterocycles. The SMILES string of the molecule is COc1ccc(CN(CC2CC2)C(=O)C2CCC2)cc1OS(C)(=O)=O. The van der Waals surface area contributed by atoms with Crippen molar-refractivity contribution in [3.63, 3.8) is 0 Å². The monoisotopic (exact) mass is 367 g/mol. The van der Waals surface area contributed by atoms with E-state index < -0.39 is 10.1 Å². The van der Waals surface area contributed by atoms with E-state index in [2.05, 4.69) is 0 Å². The summed E-state index contributed by atoms with van der Waals surface area (Å²) in [6.07, 6.45) is 6.44. The number of nitrogens with zero attached hydrogens (tertiary/aromatic N) is 1. The van der Waals surface area contributed by atoms with Crippen LogP contribution >= 0.6 is 0 Å². The molecule has 0 heterocycles. The smallest absolute Gasteiger partial charge is 0.306 e. The second kappa shape index (κ2) is 7.23. The molecular weight excluding hydrogens is 342 g/mol. The third-order valence-electron chi connectivity index (χ3n) is 4.78. The van der Waals surface area contributed by atoms with Gasteiger partial charge in [0.05, 0.1) is 13.4 Å². The van der Waals surface area contributed by atoms with Crippen LogP contribution in [0.2, 0.25) is 0 Å². The van der Waals surface area contributed by atoms with Crippen molar-refractivity contribution in [1.82, 2.24) is 4.90 Å². The molecule has 1 amide bonds. The fourth-order valence-corrected chi connectivity index (χ4v) is 3.48. The summed E-state index contributed by atoms with van der Waals surface area (Å²) in [5.41, 5.74) is 0.841. The van der Waals surface area contributed by atoms with Crippen molar-refractivity contribution in [2.24, 2.45) is 11.8 Å². The van der Waals surface area contributed by atoms with Crippen LogP contribution in [0.15, 0.2) is 18.2 Å². The summed E-state index contributed by atoms with van der Waals surface area (Å²) in [7, 11) is -2.19. The van der Waals surface area contributed by atoms with Gasteiger partial charge in [0.15, 0.2) is 11.5 Å². The number of hydrogen-bond acceptors (Lipinski definition) is 5. The minimum atomic E-state index is -3.65. The van der Waals surface area contributed by atoms with Crippen LogP contribution in [0, 0.1) is 11.8 Å². The van der Waals surface area contributed by atoms with Gasteiger partial charge >= 0.3 is 10.1 Å². The van der Waals surface area contributed by atoms with E-state index in [1.54, 1.807) is 12.1 Å². The number of rotatable bonds is 8. The molecule has 0 atom stereocenters. The van der Waals surface area contributed by atoms with E-state index in [4.69, 9.17) is 8.92 Å². The molecule has 2 fully saturated rings. The lowest BCUT2D eigenvalue weighted by Crippen LogP contribution is -2.39. The molecular formula is C18H25NO5S. The van der Waals surface area contributed by atoms with E-state index in [0.717, 1.165) is 37.6 Å². The Kier molecular flexibility index (Phi) is 5.22. The van der Waals surface area contributed by atoms with Gasteiger partial charge in [-0.2, -0.15) is 8.42 Å². The molecule has 0 saturated heterocycles. The predicted octanol–water partition coefficient (Wildman–Crippen LogP) is 2.57. The van der Waals surface area contributed by atoms with Gasteiger partial charge in [-0.05, 0) is 49.3 Å². The Morgan fingerprint density at radius 1 is 1.20 bits per heavy atom. The molecule has 2 saturated carbocycles. The molecule has 6 nitrogen and oxygen atoms in total. The van der Waals surface area contributed by atoms with Crippen molar-refractivity contribution in [1.29, 1.82) is 0 Å². The second-order valence-corrected chi connectivity index (χ2v) is 8.64. The normalized spacial score (nSPS) is 17.7. The molecule has 138 valence electrons. The molecule has 3 rings (SSSR count). The Bertz CT molecular complexity index is 738. The van der Waals surface area contributed by atoms with Gasteiger partial charge in [-0.3, -0.25) is 4.79 Å². The first-order valence-corrected chi connectivity index (χ1v) is 10.5. The summed E-state index contributed by atoms with van der Waals surface area (Å²) >= 11 is 0. The van der Waals surface area contributed by atoms with Gasteiger partial charge < -0.3 is 13.8 Å². The lowest BCUT2D eigenvalue weighted by Gasteiger charge is -2.32. The first-order chi connectivity index (χ1) is 11.9. The summed E-state index contributed by atoms with van der Waals surface area (Å²) in [6, 6.07) is 5.18. The van der Waals surface area contributed by atoms with Crippen LogP contribution in [0.3, 0.4) is 0 Å². The van der Waals surface area contributed by atoms with E-state index >= 15 is 0 Å². The number of hydrogen-bond donors (Lipinski definition) is 0. The molecule has 7 heteroatoms. The highest BCUT2D eigenvalue weighted by Crippen LogP contribution is 2.35. The summed E-state index contributed by atoms with van der Waals surface area (Å²) in [4.78, 5) is 14.6. The van der Waals surface area contributed by atoms with E-state index in [-0.39, 0.29) is 17.6 Å². The number of amides is 1. The molecule has 2 aliphatic rings. The van der Waals surface area contributed by atoms with Crippen LogP contribution in [0.5, 0.6) is 11.5 Å². The second-order valence-electron chi connectivity index (χ2n) is 7.06. The molecule has 1 aromatic carbocycles. The first-order valence-electron chi connectivity index (χ1n) is 8.71. The van der Waals surface area contributed by atoms with E-state index in [9.17, 15) is 13.2 Å². The average molecular weight is 367 g/mol. The van der Waals surface area contributed by atoms with Crippen molar-refractivity contribution >= 4 is 16.0 Å². The number of ether oxygens (including phenoxy) is 1. The standard InChI is InChI=1S/C18H25NO5S/c1-23-16-9-8-14(10-17(16)24-25(2,21)22)12-19(11-13-6-7-13)18(20)15-4-3-5-15/h8-10,13,15H,3-7,11-12H2,1-2H3. The first kappa shape index (κ1) is 18.0. The lowest BCUT2D eigenvalue weighted by molar-refractivity contribution is -0.139. The summed E-state index contributed by atoms with van der Waals surface area (Å²) in [5, 5.41) is 0. The molecule has 0 N–H and O–H groups in total. The zero-order valence-electron chi connectivity index (χ0n) is 14.7. The van der Waals surface area contributed by atoms with Crippen molar-refractivity contribution in [3.05, 3.63) is 23.8 Å². The zero-order valence-corrected chi connectivity index (χ0v) is 15.5. The van der Waals surface area contributed by atoms with Crippen molar-refractivity contribution in [2.45, 2.75) is 38.6 Å². The van der Waals surface area contributed by atoms with Crippen LogP contribution in [0.25, 0.3) is 0 Å². The Hall–Kier alpha value is -1.76. The molecule has 25 heavy (non-hydrogen) atoms. The van der Waals surface area contributed by atoms with E-state index in [1.807, 2.05) is 11.0 Å². The Labute approximate surface area is 149 Å². The summed E-state index contributed by atoms with van der Waals surface area (Å²) < 4.78 is 33.1. The van der Waals surface area contributed by atoms with Gasteiger partial charge in [0.2, 0.25) is 5.91 Å². The van der Waals surface area contributed by atoms with Crippen molar-refractivity contribution < 1.29 is 22.1 Å². The van der Waals surface area contributed by atoms with Gasteiger partial charge in [0.1, 0.15) is 0 Å². The van der Waals surface area contributed by atoms with Crippen LogP contribution in [0.1, 0.15) is 37.7 Å². The third-order valence-corrected chi connectivity index (χ3v) is 5.27. The maximum absolute atomic E-state index is 12.7. The number of benzene rings is 1. The minimum Gasteiger partial charge on any atom is -0.493 e. The molecule has 0 radical (unpaired) electrons. The van der Waals surface area contributed by atoms with Crippen LogP contribution in [-0.2, 0) is 21.5 Å². The van der Waals surface area contributed by atoms with Gasteiger partial charge in [0, 0.05) is 19.0 Å². The minimum absolute atomic E-state index is 0.156. The molecule has 0 aliphatic heterocycles. The molecule has 0 bridgehead atoms. The summed E-state index contributed by atoms with van der Waals surface area (Å²) in [5.74, 6) is 1.50. The maximum atomic E-state index is 12.7.